The van der Waals surface area contributed by atoms with Crippen molar-refractivity contribution < 1.29 is 119 Å². The number of alkyl halides is 28. The fourth-order valence-electron chi connectivity index (χ4n) is 2.13. The second kappa shape index (κ2) is 9.30. The molecular formula is C13BrF27. The Labute approximate surface area is 211 Å². The third-order valence-corrected chi connectivity index (χ3v) is 5.15. The molecule has 0 fully saturated rings. The van der Waals surface area contributed by atoms with Crippen molar-refractivity contribution in [3.8, 4) is 0 Å². The Morgan fingerprint density at radius 2 is 0.317 bits per heavy atom. The highest BCUT2D eigenvalue weighted by Gasteiger charge is 3.00. The zero-order valence-corrected chi connectivity index (χ0v) is 18.7. The molecule has 28 heteroatoms. The Kier molecular flexibility index (Phi) is 8.98. The van der Waals surface area contributed by atoms with E-state index in [0.29, 0.717) is 0 Å². The molecule has 0 bridgehead atoms. The van der Waals surface area contributed by atoms with Crippen molar-refractivity contribution in [2.45, 2.75) is 76.2 Å². The van der Waals surface area contributed by atoms with E-state index < -0.39 is 76.2 Å². The smallest absolute Gasteiger partial charge is 0.192 e. The summed E-state index contributed by atoms with van der Waals surface area (Å²) in [4.78, 5) is -6.94. The predicted molar refractivity (Wildman–Crippen MR) is 74.3 cm³/mol. The summed E-state index contributed by atoms with van der Waals surface area (Å²) in [7, 11) is 0. The Hall–Kier alpha value is -1.41. The first-order valence-corrected chi connectivity index (χ1v) is 9.08. The minimum absolute atomic E-state index is 0.121. The maximum absolute atomic E-state index is 13.5. The lowest BCUT2D eigenvalue weighted by Crippen LogP contribution is -2.78. The van der Waals surface area contributed by atoms with E-state index in [9.17, 15) is 119 Å². The second-order valence-corrected chi connectivity index (χ2v) is 8.31. The third kappa shape index (κ3) is 4.55. The van der Waals surface area contributed by atoms with Gasteiger partial charge in [0.2, 0.25) is 0 Å². The molecule has 0 heterocycles. The highest BCUT2D eigenvalue weighted by Crippen LogP contribution is 2.68. The molecule has 0 amide bonds. The molecule has 0 spiro atoms. The van der Waals surface area contributed by atoms with E-state index in [2.05, 4.69) is 0 Å². The molecule has 0 saturated heterocycles. The summed E-state index contributed by atoms with van der Waals surface area (Å²) in [6.07, 6.45) is -8.22. The van der Waals surface area contributed by atoms with E-state index >= 15 is 0 Å². The molecule has 41 heavy (non-hydrogen) atoms. The van der Waals surface area contributed by atoms with Crippen LogP contribution in [0.4, 0.5) is 119 Å². The minimum atomic E-state index is -9.74. The first kappa shape index (κ1) is 39.6. The largest absolute Gasteiger partial charge is 0.460 e. The Morgan fingerprint density at radius 1 is 0.195 bits per heavy atom. The van der Waals surface area contributed by atoms with Gasteiger partial charge in [0.15, 0.2) is 0 Å². The van der Waals surface area contributed by atoms with Crippen LogP contribution in [0.15, 0.2) is 0 Å². The molecule has 0 aliphatic carbocycles. The van der Waals surface area contributed by atoms with Crippen LogP contribution in [-0.2, 0) is 0 Å². The van der Waals surface area contributed by atoms with Gasteiger partial charge in [0.25, 0.3) is 0 Å². The Balaban J connectivity index is 7.41. The first-order valence-electron chi connectivity index (χ1n) is 8.29. The molecule has 0 N–H and O–H groups in total. The average molecular weight is 749 g/mol. The Morgan fingerprint density at radius 3 is 0.439 bits per heavy atom. The van der Waals surface area contributed by atoms with Crippen molar-refractivity contribution in [1.29, 1.82) is 0 Å². The van der Waals surface area contributed by atoms with E-state index in [1.54, 1.807) is 0 Å². The molecule has 0 atom stereocenters. The summed E-state index contributed by atoms with van der Waals surface area (Å²) < 4.78 is 352. The van der Waals surface area contributed by atoms with Crippen molar-refractivity contribution in [1.82, 2.24) is 0 Å². The van der Waals surface area contributed by atoms with Crippen molar-refractivity contribution >= 4 is 15.9 Å². The van der Waals surface area contributed by atoms with Crippen LogP contribution >= 0.6 is 15.9 Å². The number of rotatable bonds is 11. The molecule has 0 aromatic rings. The number of hydrogen-bond acceptors (Lipinski definition) is 0. The van der Waals surface area contributed by atoms with Crippen LogP contribution in [0.25, 0.3) is 0 Å². The molecular weight excluding hydrogens is 749 g/mol. The predicted octanol–water partition coefficient (Wildman–Crippen LogP) is 9.52. The van der Waals surface area contributed by atoms with Gasteiger partial charge in [-0.2, -0.15) is 119 Å². The first-order chi connectivity index (χ1) is 17.0. The lowest BCUT2D eigenvalue weighted by Gasteiger charge is -2.45. The summed E-state index contributed by atoms with van der Waals surface area (Å²) in [5, 5.41) is 0. The lowest BCUT2D eigenvalue weighted by molar-refractivity contribution is -0.483. The monoisotopic (exact) mass is 748 g/mol. The molecule has 248 valence electrons. The van der Waals surface area contributed by atoms with Crippen LogP contribution in [0.1, 0.15) is 0 Å². The van der Waals surface area contributed by atoms with Crippen LogP contribution < -0.4 is 0 Å². The van der Waals surface area contributed by atoms with Gasteiger partial charge in [-0.1, -0.05) is 0 Å². The molecule has 0 aromatic heterocycles. The molecule has 0 saturated carbocycles. The summed E-state index contributed by atoms with van der Waals surface area (Å²) in [6.45, 7) is 0. The standard InChI is InChI=1S/C13BrF27/c14-12(37,38)10(33,34)8(29,30)6(25,26)4(21,22)2(17,18)1(15,16)3(19,20)5(23,24)7(27,28)9(31,32)11(35,36)13(39,40)41. The van der Waals surface area contributed by atoms with Gasteiger partial charge < -0.3 is 0 Å². The maximum Gasteiger partial charge on any atom is 0.460 e. The molecule has 0 aliphatic heterocycles. The zero-order valence-electron chi connectivity index (χ0n) is 17.1. The van der Waals surface area contributed by atoms with Gasteiger partial charge in [-0.05, 0) is 15.9 Å². The van der Waals surface area contributed by atoms with Crippen molar-refractivity contribution in [2.24, 2.45) is 0 Å². The van der Waals surface area contributed by atoms with Gasteiger partial charge in [0.1, 0.15) is 0 Å². The van der Waals surface area contributed by atoms with E-state index in [1.165, 1.54) is 0 Å². The van der Waals surface area contributed by atoms with Gasteiger partial charge in [0.05, 0.1) is 0 Å². The molecule has 0 aliphatic rings. The quantitative estimate of drug-likeness (QED) is 0.146. The fourth-order valence-corrected chi connectivity index (χ4v) is 2.38. The van der Waals surface area contributed by atoms with E-state index in [1.807, 2.05) is 0 Å². The van der Waals surface area contributed by atoms with Crippen molar-refractivity contribution in [2.75, 3.05) is 0 Å². The summed E-state index contributed by atoms with van der Waals surface area (Å²) in [5.74, 6) is -102. The second-order valence-electron chi connectivity index (χ2n) is 7.31. The van der Waals surface area contributed by atoms with Crippen LogP contribution in [0.5, 0.6) is 0 Å². The molecule has 0 unspecified atom stereocenters. The van der Waals surface area contributed by atoms with Gasteiger partial charge in [-0.15, -0.1) is 0 Å². The van der Waals surface area contributed by atoms with Crippen LogP contribution in [-0.4, -0.2) is 76.2 Å². The van der Waals surface area contributed by atoms with Gasteiger partial charge in [-0.25, -0.2) is 0 Å². The van der Waals surface area contributed by atoms with Crippen molar-refractivity contribution in [3.05, 3.63) is 0 Å². The third-order valence-electron chi connectivity index (χ3n) is 4.66. The molecule has 0 aromatic carbocycles. The normalized spacial score (nSPS) is 17.3. The van der Waals surface area contributed by atoms with Crippen molar-refractivity contribution in [3.63, 3.8) is 0 Å². The molecule has 0 rings (SSSR count). The number of hydrogen-bond donors (Lipinski definition) is 0. The Bertz CT molecular complexity index is 885. The van der Waals surface area contributed by atoms with Crippen LogP contribution in [0.2, 0.25) is 0 Å². The van der Waals surface area contributed by atoms with E-state index in [0.717, 1.165) is 0 Å². The highest BCUT2D eigenvalue weighted by atomic mass is 79.9. The highest BCUT2D eigenvalue weighted by molar-refractivity contribution is 9.10. The topological polar surface area (TPSA) is 0 Å². The lowest BCUT2D eigenvalue weighted by atomic mass is 9.84. The van der Waals surface area contributed by atoms with Crippen LogP contribution in [0.3, 0.4) is 0 Å². The van der Waals surface area contributed by atoms with Gasteiger partial charge in [-0.3, -0.25) is 0 Å². The minimum Gasteiger partial charge on any atom is -0.192 e. The number of halogens is 28. The maximum atomic E-state index is 13.5. The fraction of sp³-hybridized carbons (Fsp3) is 1.00. The van der Waals surface area contributed by atoms with Gasteiger partial charge in [0, 0.05) is 0 Å². The SMILES string of the molecule is FC(F)(F)C(F)(F)C(F)(F)C(F)(F)C(F)(F)C(F)(F)C(F)(F)C(F)(F)C(F)(F)C(F)(F)C(F)(F)C(F)(F)C(F)(F)Br. The average Bonchev–Trinajstić information content (AvgIpc) is 2.70. The van der Waals surface area contributed by atoms with Gasteiger partial charge >= 0.3 is 76.2 Å². The summed E-state index contributed by atoms with van der Waals surface area (Å²) in [5.41, 5.74) is 0. The summed E-state index contributed by atoms with van der Waals surface area (Å²) in [6, 6.07) is 0. The summed E-state index contributed by atoms with van der Waals surface area (Å²) >= 11 is 0.121. The van der Waals surface area contributed by atoms with Crippen LogP contribution in [0, 0.1) is 0 Å². The van der Waals surface area contributed by atoms with E-state index in [4.69, 9.17) is 0 Å². The van der Waals surface area contributed by atoms with E-state index in [-0.39, 0.29) is 15.9 Å². The molecule has 0 radical (unpaired) electrons. The molecule has 0 nitrogen and oxygen atoms in total. The zero-order chi connectivity index (χ0) is 34.5.